The lowest BCUT2D eigenvalue weighted by Gasteiger charge is -2.24. The predicted molar refractivity (Wildman–Crippen MR) is 133 cm³/mol. The Bertz CT molecular complexity index is 1380. The third-order valence-corrected chi connectivity index (χ3v) is 6.50. The predicted octanol–water partition coefficient (Wildman–Crippen LogP) is 6.78. The molecule has 4 aromatic rings. The summed E-state index contributed by atoms with van der Waals surface area (Å²) in [6.07, 6.45) is 0. The van der Waals surface area contributed by atoms with Crippen LogP contribution in [0.4, 0.5) is 26.2 Å². The minimum absolute atomic E-state index is 0.105. The van der Waals surface area contributed by atoms with Crippen LogP contribution in [-0.4, -0.2) is 11.9 Å². The van der Waals surface area contributed by atoms with Gasteiger partial charge in [-0.3, -0.25) is 4.79 Å². The number of carbonyl (C=O) groups is 2. The number of carbonyl (C=O) groups excluding carboxylic acids is 2. The molecule has 0 spiro atoms. The van der Waals surface area contributed by atoms with Gasteiger partial charge >= 0.3 is 6.03 Å². The Kier molecular flexibility index (Phi) is 6.01. The molecule has 5 nitrogen and oxygen atoms in total. The van der Waals surface area contributed by atoms with Crippen LogP contribution in [0.1, 0.15) is 15.9 Å². The highest BCUT2D eigenvalue weighted by Crippen LogP contribution is 2.43. The van der Waals surface area contributed by atoms with Gasteiger partial charge in [0.05, 0.1) is 17.8 Å². The van der Waals surface area contributed by atoms with Crippen LogP contribution >= 0.6 is 11.8 Å². The minimum Gasteiger partial charge on any atom is -0.308 e. The van der Waals surface area contributed by atoms with Crippen LogP contribution in [0.5, 0.6) is 0 Å². The van der Waals surface area contributed by atoms with Gasteiger partial charge in [0.15, 0.2) is 0 Å². The molecule has 0 radical (unpaired) electrons. The average molecular weight is 470 g/mol. The fourth-order valence-corrected chi connectivity index (χ4v) is 4.84. The number of fused-ring (bicyclic) bond motifs is 2. The van der Waals surface area contributed by atoms with E-state index in [2.05, 4.69) is 10.6 Å². The number of nitrogens with zero attached hydrogens (tertiary/aromatic N) is 1. The Hall–Kier alpha value is -4.10. The highest BCUT2D eigenvalue weighted by atomic mass is 32.2. The lowest BCUT2D eigenvalue weighted by molar-refractivity contribution is 0.0982. The molecule has 0 aliphatic carbocycles. The van der Waals surface area contributed by atoms with Crippen LogP contribution < -0.4 is 15.5 Å². The van der Waals surface area contributed by atoms with Gasteiger partial charge in [0, 0.05) is 21.2 Å². The Balaban J connectivity index is 1.47. The standard InChI is InChI=1S/C27H20FN3O2S/c28-19-9-6-10-20(15-19)29-27(33)30-21-13-14-25-23(16-21)31(17-18-7-2-1-3-8-18)26(32)22-11-4-5-12-24(22)34-25/h1-16H,17H2,(H2,29,30,33). The van der Waals surface area contributed by atoms with E-state index in [1.807, 2.05) is 60.7 Å². The maximum Gasteiger partial charge on any atom is 0.323 e. The smallest absolute Gasteiger partial charge is 0.308 e. The zero-order chi connectivity index (χ0) is 23.5. The van der Waals surface area contributed by atoms with E-state index >= 15 is 0 Å². The summed E-state index contributed by atoms with van der Waals surface area (Å²) in [6, 6.07) is 28.0. The van der Waals surface area contributed by atoms with Crippen molar-refractivity contribution in [2.24, 2.45) is 0 Å². The molecule has 2 N–H and O–H groups in total. The number of benzene rings is 4. The maximum atomic E-state index is 13.6. The molecule has 0 fully saturated rings. The Labute approximate surface area is 200 Å². The highest BCUT2D eigenvalue weighted by Gasteiger charge is 2.27. The van der Waals surface area contributed by atoms with E-state index in [9.17, 15) is 14.0 Å². The number of halogens is 1. The Morgan fingerprint density at radius 1 is 0.794 bits per heavy atom. The van der Waals surface area contributed by atoms with Crippen LogP contribution in [0.2, 0.25) is 0 Å². The lowest BCUT2D eigenvalue weighted by atomic mass is 10.1. The first-order chi connectivity index (χ1) is 16.6. The molecule has 1 heterocycles. The SMILES string of the molecule is O=C(Nc1cccc(F)c1)Nc1ccc2c(c1)N(Cc1ccccc1)C(=O)c1ccccc1S2. The quantitative estimate of drug-likeness (QED) is 0.346. The average Bonchev–Trinajstić information content (AvgIpc) is 2.94. The van der Waals surface area contributed by atoms with Gasteiger partial charge in [-0.2, -0.15) is 0 Å². The molecular weight excluding hydrogens is 449 g/mol. The second kappa shape index (κ2) is 9.41. The molecule has 5 rings (SSSR count). The zero-order valence-electron chi connectivity index (χ0n) is 18.0. The summed E-state index contributed by atoms with van der Waals surface area (Å²) >= 11 is 1.52. The summed E-state index contributed by atoms with van der Waals surface area (Å²) in [5.41, 5.74) is 3.20. The number of amides is 3. The first kappa shape index (κ1) is 21.7. The van der Waals surface area contributed by atoms with E-state index in [1.165, 1.54) is 30.0 Å². The van der Waals surface area contributed by atoms with Crippen molar-refractivity contribution in [1.29, 1.82) is 0 Å². The van der Waals surface area contributed by atoms with Crippen LogP contribution in [0.3, 0.4) is 0 Å². The van der Waals surface area contributed by atoms with Crippen LogP contribution in [0.15, 0.2) is 107 Å². The number of nitrogens with one attached hydrogen (secondary N) is 2. The van der Waals surface area contributed by atoms with Crippen LogP contribution in [0, 0.1) is 5.82 Å². The van der Waals surface area contributed by atoms with Gasteiger partial charge in [-0.05, 0) is 54.1 Å². The number of urea groups is 1. The Morgan fingerprint density at radius 2 is 1.53 bits per heavy atom. The van der Waals surface area contributed by atoms with Crippen molar-refractivity contribution in [3.05, 3.63) is 114 Å². The van der Waals surface area contributed by atoms with Crippen molar-refractivity contribution in [2.45, 2.75) is 16.3 Å². The van der Waals surface area contributed by atoms with E-state index in [0.29, 0.717) is 29.2 Å². The molecular formula is C27H20FN3O2S. The van der Waals surface area contributed by atoms with Crippen molar-refractivity contribution in [2.75, 3.05) is 15.5 Å². The molecule has 1 aliphatic rings. The van der Waals surface area contributed by atoms with Crippen LogP contribution in [-0.2, 0) is 6.54 Å². The molecule has 3 amide bonds. The van der Waals surface area contributed by atoms with Crippen molar-refractivity contribution in [3.63, 3.8) is 0 Å². The third kappa shape index (κ3) is 4.65. The summed E-state index contributed by atoms with van der Waals surface area (Å²) in [5.74, 6) is -0.540. The van der Waals surface area contributed by atoms with Crippen molar-refractivity contribution in [1.82, 2.24) is 0 Å². The molecule has 4 aromatic carbocycles. The molecule has 0 unspecified atom stereocenters. The zero-order valence-corrected chi connectivity index (χ0v) is 18.8. The molecule has 0 saturated carbocycles. The summed E-state index contributed by atoms with van der Waals surface area (Å²) in [6.45, 7) is 0.389. The monoisotopic (exact) mass is 469 g/mol. The van der Waals surface area contributed by atoms with Crippen molar-refractivity contribution >= 4 is 40.8 Å². The molecule has 34 heavy (non-hydrogen) atoms. The minimum atomic E-state index is -0.504. The number of hydrogen-bond donors (Lipinski definition) is 2. The number of anilines is 3. The molecule has 0 saturated heterocycles. The van der Waals surface area contributed by atoms with E-state index in [0.717, 1.165) is 15.4 Å². The van der Waals surface area contributed by atoms with E-state index < -0.39 is 11.8 Å². The molecule has 7 heteroatoms. The van der Waals surface area contributed by atoms with E-state index in [1.54, 1.807) is 23.1 Å². The molecule has 168 valence electrons. The summed E-state index contributed by atoms with van der Waals surface area (Å²) < 4.78 is 13.4. The van der Waals surface area contributed by atoms with Gasteiger partial charge in [-0.25, -0.2) is 9.18 Å². The molecule has 1 aliphatic heterocycles. The molecule has 0 aromatic heterocycles. The van der Waals surface area contributed by atoms with E-state index in [-0.39, 0.29) is 5.91 Å². The van der Waals surface area contributed by atoms with Gasteiger partial charge in [0.2, 0.25) is 0 Å². The third-order valence-electron chi connectivity index (χ3n) is 5.36. The van der Waals surface area contributed by atoms with Gasteiger partial charge in [-0.1, -0.05) is 60.3 Å². The highest BCUT2D eigenvalue weighted by molar-refractivity contribution is 7.99. The van der Waals surface area contributed by atoms with Gasteiger partial charge < -0.3 is 15.5 Å². The summed E-state index contributed by atoms with van der Waals surface area (Å²) in [7, 11) is 0. The molecule has 0 bridgehead atoms. The number of rotatable bonds is 4. The van der Waals surface area contributed by atoms with Gasteiger partial charge in [-0.15, -0.1) is 0 Å². The first-order valence-corrected chi connectivity index (χ1v) is 11.5. The number of hydrogen-bond acceptors (Lipinski definition) is 3. The second-order valence-corrected chi connectivity index (χ2v) is 8.83. The van der Waals surface area contributed by atoms with Crippen LogP contribution in [0.25, 0.3) is 0 Å². The second-order valence-electron chi connectivity index (χ2n) is 7.75. The van der Waals surface area contributed by atoms with Gasteiger partial charge in [0.25, 0.3) is 5.91 Å². The fourth-order valence-electron chi connectivity index (χ4n) is 3.78. The normalized spacial score (nSPS) is 12.4. The van der Waals surface area contributed by atoms with Gasteiger partial charge in [0.1, 0.15) is 5.82 Å². The lowest BCUT2D eigenvalue weighted by Crippen LogP contribution is -2.30. The fraction of sp³-hybridized carbons (Fsp3) is 0.0370. The van der Waals surface area contributed by atoms with Crippen molar-refractivity contribution < 1.29 is 14.0 Å². The molecule has 0 atom stereocenters. The summed E-state index contributed by atoms with van der Waals surface area (Å²) in [5, 5.41) is 5.40. The topological polar surface area (TPSA) is 61.4 Å². The first-order valence-electron chi connectivity index (χ1n) is 10.7. The largest absolute Gasteiger partial charge is 0.323 e. The van der Waals surface area contributed by atoms with E-state index in [4.69, 9.17) is 0 Å². The maximum absolute atomic E-state index is 13.6. The van der Waals surface area contributed by atoms with Crippen molar-refractivity contribution in [3.8, 4) is 0 Å². The summed E-state index contributed by atoms with van der Waals surface area (Å²) in [4.78, 5) is 29.6. The Morgan fingerprint density at radius 3 is 2.32 bits per heavy atom.